The van der Waals surface area contributed by atoms with Crippen molar-refractivity contribution in [3.8, 4) is 0 Å². The first-order valence-electron chi connectivity index (χ1n) is 8.12. The molecule has 122 valence electrons. The van der Waals surface area contributed by atoms with Crippen LogP contribution in [0.2, 0.25) is 0 Å². The highest BCUT2D eigenvalue weighted by molar-refractivity contribution is 6.16. The number of hydrogen-bond donors (Lipinski definition) is 0. The lowest BCUT2D eigenvalue weighted by Crippen LogP contribution is -2.47. The van der Waals surface area contributed by atoms with E-state index in [-0.39, 0.29) is 17.5 Å². The molecule has 0 amide bonds. The molecule has 0 radical (unpaired) electrons. The molecule has 2 unspecified atom stereocenters. The maximum Gasteiger partial charge on any atom is 0.321 e. The third-order valence-electron chi connectivity index (χ3n) is 4.84. The Morgan fingerprint density at radius 2 is 1.91 bits per heavy atom. The molecule has 0 spiro atoms. The summed E-state index contributed by atoms with van der Waals surface area (Å²) < 4.78 is 5.60. The maximum atomic E-state index is 13.1. The van der Waals surface area contributed by atoms with Gasteiger partial charge in [0.1, 0.15) is 16.8 Å². The molecule has 2 aliphatic carbocycles. The molecule has 2 aliphatic rings. The van der Waals surface area contributed by atoms with Gasteiger partial charge in [0.05, 0.1) is 0 Å². The average molecular weight is 314 g/mol. The van der Waals surface area contributed by atoms with E-state index < -0.39 is 17.0 Å². The number of esters is 1. The second kappa shape index (κ2) is 5.29. The van der Waals surface area contributed by atoms with E-state index in [4.69, 9.17) is 4.74 Å². The number of rotatable bonds is 2. The molecule has 0 bridgehead atoms. The van der Waals surface area contributed by atoms with Gasteiger partial charge in [-0.05, 0) is 45.1 Å². The lowest BCUT2D eigenvalue weighted by atomic mass is 9.71. The fraction of sp³-hybridized carbons (Fsp3) is 0.526. The summed E-state index contributed by atoms with van der Waals surface area (Å²) in [6.45, 7) is 5.39. The summed E-state index contributed by atoms with van der Waals surface area (Å²) in [6, 6.07) is 7.33. The zero-order chi connectivity index (χ0) is 16.8. The summed E-state index contributed by atoms with van der Waals surface area (Å²) in [5.41, 5.74) is -0.425. The highest BCUT2D eigenvalue weighted by Gasteiger charge is 2.59. The molecule has 0 N–H and O–H groups in total. The van der Waals surface area contributed by atoms with E-state index in [0.29, 0.717) is 31.2 Å². The SMILES string of the molecule is CC(C)(C)OC(=O)C1(C2CCC(=O)C2)Cc2ccccc2C1=O. The zero-order valence-corrected chi connectivity index (χ0v) is 13.8. The predicted octanol–water partition coefficient (Wildman–Crippen LogP) is 3.12. The van der Waals surface area contributed by atoms with Crippen molar-refractivity contribution >= 4 is 17.5 Å². The highest BCUT2D eigenvalue weighted by atomic mass is 16.6. The number of fused-ring (bicyclic) bond motifs is 1. The Bertz CT molecular complexity index is 683. The normalized spacial score (nSPS) is 27.2. The predicted molar refractivity (Wildman–Crippen MR) is 85.1 cm³/mol. The monoisotopic (exact) mass is 314 g/mol. The van der Waals surface area contributed by atoms with Gasteiger partial charge >= 0.3 is 5.97 Å². The number of carbonyl (C=O) groups is 3. The van der Waals surface area contributed by atoms with E-state index in [9.17, 15) is 14.4 Å². The molecule has 1 aromatic carbocycles. The average Bonchev–Trinajstić information content (AvgIpc) is 3.00. The minimum atomic E-state index is -1.23. The van der Waals surface area contributed by atoms with Crippen LogP contribution in [-0.2, 0) is 20.7 Å². The Balaban J connectivity index is 2.04. The standard InChI is InChI=1S/C19H22O4/c1-18(2,3)23-17(22)19(13-8-9-14(20)10-13)11-12-6-4-5-7-15(12)16(19)21/h4-7,13H,8-11H2,1-3H3. The van der Waals surface area contributed by atoms with Gasteiger partial charge in [-0.1, -0.05) is 24.3 Å². The first-order chi connectivity index (χ1) is 10.7. The molecule has 0 heterocycles. The van der Waals surface area contributed by atoms with E-state index in [0.717, 1.165) is 5.56 Å². The van der Waals surface area contributed by atoms with Crippen molar-refractivity contribution in [2.75, 3.05) is 0 Å². The first kappa shape index (κ1) is 15.9. The van der Waals surface area contributed by atoms with Gasteiger partial charge in [0.2, 0.25) is 0 Å². The van der Waals surface area contributed by atoms with E-state index in [1.807, 2.05) is 18.2 Å². The van der Waals surface area contributed by atoms with E-state index in [1.165, 1.54) is 0 Å². The largest absolute Gasteiger partial charge is 0.459 e. The van der Waals surface area contributed by atoms with Crippen LogP contribution in [0, 0.1) is 11.3 Å². The summed E-state index contributed by atoms with van der Waals surface area (Å²) in [4.78, 5) is 37.9. The number of hydrogen-bond acceptors (Lipinski definition) is 4. The Kier molecular flexibility index (Phi) is 3.66. The van der Waals surface area contributed by atoms with E-state index in [2.05, 4.69) is 0 Å². The minimum absolute atomic E-state index is 0.127. The quantitative estimate of drug-likeness (QED) is 0.621. The Morgan fingerprint density at radius 1 is 1.22 bits per heavy atom. The van der Waals surface area contributed by atoms with Gasteiger partial charge < -0.3 is 4.74 Å². The zero-order valence-electron chi connectivity index (χ0n) is 13.8. The van der Waals surface area contributed by atoms with Crippen LogP contribution in [0.4, 0.5) is 0 Å². The van der Waals surface area contributed by atoms with Crippen LogP contribution in [0.15, 0.2) is 24.3 Å². The number of benzene rings is 1. The fourth-order valence-corrected chi connectivity index (χ4v) is 3.78. The van der Waals surface area contributed by atoms with Gasteiger partial charge in [0, 0.05) is 18.4 Å². The van der Waals surface area contributed by atoms with Crippen LogP contribution in [-0.4, -0.2) is 23.1 Å². The van der Waals surface area contributed by atoms with Crippen molar-refractivity contribution in [2.45, 2.75) is 52.1 Å². The summed E-state index contributed by atoms with van der Waals surface area (Å²) in [7, 11) is 0. The summed E-state index contributed by atoms with van der Waals surface area (Å²) >= 11 is 0. The summed E-state index contributed by atoms with van der Waals surface area (Å²) in [5, 5.41) is 0. The molecule has 23 heavy (non-hydrogen) atoms. The topological polar surface area (TPSA) is 60.4 Å². The van der Waals surface area contributed by atoms with Crippen molar-refractivity contribution in [3.63, 3.8) is 0 Å². The van der Waals surface area contributed by atoms with Crippen LogP contribution >= 0.6 is 0 Å². The van der Waals surface area contributed by atoms with Gasteiger partial charge in [-0.2, -0.15) is 0 Å². The Morgan fingerprint density at radius 3 is 2.48 bits per heavy atom. The maximum absolute atomic E-state index is 13.1. The number of Topliss-reactive ketones (excluding diaryl/α,β-unsaturated/α-hetero) is 2. The molecular formula is C19H22O4. The van der Waals surface area contributed by atoms with Crippen LogP contribution < -0.4 is 0 Å². The third-order valence-corrected chi connectivity index (χ3v) is 4.84. The van der Waals surface area contributed by atoms with Gasteiger partial charge in [-0.15, -0.1) is 0 Å². The lowest BCUT2D eigenvalue weighted by Gasteiger charge is -2.34. The van der Waals surface area contributed by atoms with Gasteiger partial charge in [-0.3, -0.25) is 14.4 Å². The second-order valence-electron chi connectivity index (χ2n) is 7.61. The van der Waals surface area contributed by atoms with Crippen LogP contribution in [0.5, 0.6) is 0 Å². The molecule has 1 fully saturated rings. The molecule has 1 aromatic rings. The number of ketones is 2. The van der Waals surface area contributed by atoms with Crippen molar-refractivity contribution in [1.29, 1.82) is 0 Å². The highest BCUT2D eigenvalue weighted by Crippen LogP contribution is 2.49. The van der Waals surface area contributed by atoms with E-state index in [1.54, 1.807) is 26.8 Å². The van der Waals surface area contributed by atoms with Crippen molar-refractivity contribution in [3.05, 3.63) is 35.4 Å². The number of carbonyl (C=O) groups excluding carboxylic acids is 3. The number of ether oxygens (including phenoxy) is 1. The van der Waals surface area contributed by atoms with Crippen LogP contribution in [0.3, 0.4) is 0 Å². The minimum Gasteiger partial charge on any atom is -0.459 e. The summed E-state index contributed by atoms with van der Waals surface area (Å²) in [5.74, 6) is -0.792. The second-order valence-corrected chi connectivity index (χ2v) is 7.61. The third kappa shape index (κ3) is 2.60. The molecule has 4 heteroatoms. The fourth-order valence-electron chi connectivity index (χ4n) is 3.78. The van der Waals surface area contributed by atoms with Gasteiger partial charge in [0.25, 0.3) is 0 Å². The summed E-state index contributed by atoms with van der Waals surface area (Å²) in [6.07, 6.45) is 1.66. The van der Waals surface area contributed by atoms with Gasteiger partial charge in [0.15, 0.2) is 5.78 Å². The Labute approximate surface area is 136 Å². The lowest BCUT2D eigenvalue weighted by molar-refractivity contribution is -0.167. The molecular weight excluding hydrogens is 292 g/mol. The molecule has 0 saturated heterocycles. The van der Waals surface area contributed by atoms with E-state index >= 15 is 0 Å². The van der Waals surface area contributed by atoms with Crippen molar-refractivity contribution in [2.24, 2.45) is 11.3 Å². The molecule has 2 atom stereocenters. The molecule has 3 rings (SSSR count). The molecule has 4 nitrogen and oxygen atoms in total. The van der Waals surface area contributed by atoms with Crippen molar-refractivity contribution in [1.82, 2.24) is 0 Å². The van der Waals surface area contributed by atoms with Crippen LogP contribution in [0.1, 0.15) is 56.0 Å². The van der Waals surface area contributed by atoms with Crippen LogP contribution in [0.25, 0.3) is 0 Å². The smallest absolute Gasteiger partial charge is 0.321 e. The molecule has 0 aromatic heterocycles. The van der Waals surface area contributed by atoms with Crippen molar-refractivity contribution < 1.29 is 19.1 Å². The van der Waals surface area contributed by atoms with Gasteiger partial charge in [-0.25, -0.2) is 0 Å². The first-order valence-corrected chi connectivity index (χ1v) is 8.12. The molecule has 0 aliphatic heterocycles. The Hall–Kier alpha value is -1.97. The molecule has 1 saturated carbocycles.